The van der Waals surface area contributed by atoms with Gasteiger partial charge < -0.3 is 11.1 Å². The Labute approximate surface area is 202 Å². The van der Waals surface area contributed by atoms with Gasteiger partial charge in [0.1, 0.15) is 17.5 Å². The van der Waals surface area contributed by atoms with Gasteiger partial charge in [-0.15, -0.1) is 5.92 Å². The van der Waals surface area contributed by atoms with Gasteiger partial charge in [0, 0.05) is 30.4 Å². The molecule has 3 aromatic heterocycles. The number of anilines is 2. The van der Waals surface area contributed by atoms with Crippen molar-refractivity contribution >= 4 is 23.2 Å². The Balaban J connectivity index is 1.48. The van der Waals surface area contributed by atoms with Gasteiger partial charge in [-0.25, -0.2) is 19.3 Å². The van der Waals surface area contributed by atoms with Gasteiger partial charge in [0.2, 0.25) is 5.95 Å². The number of fused-ring (bicyclic) bond motifs is 1. The van der Waals surface area contributed by atoms with E-state index in [1.54, 1.807) is 41.1 Å². The van der Waals surface area contributed by atoms with E-state index in [9.17, 15) is 4.79 Å². The van der Waals surface area contributed by atoms with E-state index in [4.69, 9.17) is 10.7 Å². The fourth-order valence-electron chi connectivity index (χ4n) is 4.43. The van der Waals surface area contributed by atoms with Gasteiger partial charge in [-0.05, 0) is 50.2 Å². The molecule has 1 aromatic carbocycles. The molecule has 1 atom stereocenters. The lowest BCUT2D eigenvalue weighted by atomic mass is 10.0. The van der Waals surface area contributed by atoms with Gasteiger partial charge in [0.25, 0.3) is 5.91 Å². The largest absolute Gasteiger partial charge is 0.369 e. The number of hydrogen-bond acceptors (Lipinski definition) is 6. The summed E-state index contributed by atoms with van der Waals surface area (Å²) in [5.74, 6) is 6.11. The number of hydrogen-bond donors (Lipinski definition) is 2. The van der Waals surface area contributed by atoms with Crippen LogP contribution in [-0.4, -0.2) is 49.8 Å². The molecular formula is C26H24FN7O. The van der Waals surface area contributed by atoms with Crippen molar-refractivity contribution < 1.29 is 9.18 Å². The van der Waals surface area contributed by atoms with Crippen molar-refractivity contribution in [1.82, 2.24) is 24.3 Å². The molecular weight excluding hydrogens is 445 g/mol. The molecule has 0 spiro atoms. The van der Waals surface area contributed by atoms with Crippen molar-refractivity contribution in [2.24, 2.45) is 0 Å². The molecule has 9 heteroatoms. The number of rotatable bonds is 5. The second-order valence-electron chi connectivity index (χ2n) is 8.36. The van der Waals surface area contributed by atoms with E-state index in [-0.39, 0.29) is 17.4 Å². The van der Waals surface area contributed by atoms with Gasteiger partial charge in [-0.3, -0.25) is 14.1 Å². The minimum absolute atomic E-state index is 0.0879. The smallest absolute Gasteiger partial charge is 0.259 e. The molecule has 0 bridgehead atoms. The molecule has 1 aliphatic heterocycles. The van der Waals surface area contributed by atoms with Crippen molar-refractivity contribution in [3.8, 4) is 23.2 Å². The lowest BCUT2D eigenvalue weighted by molar-refractivity contribution is 0.102. The highest BCUT2D eigenvalue weighted by Gasteiger charge is 2.29. The van der Waals surface area contributed by atoms with E-state index >= 15 is 4.39 Å². The second-order valence-corrected chi connectivity index (χ2v) is 8.36. The van der Waals surface area contributed by atoms with Crippen LogP contribution in [0.2, 0.25) is 0 Å². The Morgan fingerprint density at radius 1 is 1.23 bits per heavy atom. The third-order valence-corrected chi connectivity index (χ3v) is 6.13. The van der Waals surface area contributed by atoms with E-state index < -0.39 is 11.7 Å². The monoisotopic (exact) mass is 469 g/mol. The molecule has 4 heterocycles. The van der Waals surface area contributed by atoms with Gasteiger partial charge >= 0.3 is 0 Å². The Bertz CT molecular complexity index is 1460. The Morgan fingerprint density at radius 3 is 2.89 bits per heavy atom. The van der Waals surface area contributed by atoms with E-state index in [0.717, 1.165) is 37.3 Å². The predicted molar refractivity (Wildman–Crippen MR) is 132 cm³/mol. The highest BCUT2D eigenvalue weighted by Crippen LogP contribution is 2.34. The summed E-state index contributed by atoms with van der Waals surface area (Å²) in [5, 5.41) is 2.60. The number of nitrogen functional groups attached to an aromatic ring is 1. The van der Waals surface area contributed by atoms with Crippen molar-refractivity contribution in [3.63, 3.8) is 0 Å². The quantitative estimate of drug-likeness (QED) is 0.433. The van der Waals surface area contributed by atoms with Crippen LogP contribution in [-0.2, 0) is 0 Å². The van der Waals surface area contributed by atoms with E-state index in [0.29, 0.717) is 17.2 Å². The zero-order chi connectivity index (χ0) is 24.4. The van der Waals surface area contributed by atoms with Crippen LogP contribution in [0.25, 0.3) is 16.9 Å². The van der Waals surface area contributed by atoms with Crippen molar-refractivity contribution in [3.05, 3.63) is 71.9 Å². The number of aromatic nitrogens is 4. The summed E-state index contributed by atoms with van der Waals surface area (Å²) in [6.07, 6.45) is 4.15. The van der Waals surface area contributed by atoms with Crippen molar-refractivity contribution in [2.45, 2.75) is 19.3 Å². The molecule has 8 nitrogen and oxygen atoms in total. The van der Waals surface area contributed by atoms with Crippen LogP contribution in [0.1, 0.15) is 35.3 Å². The number of likely N-dealkylation sites (tertiary alicyclic amines) is 1. The number of nitrogens with two attached hydrogens (primary N) is 1. The molecule has 1 saturated heterocycles. The SMILES string of the molecule is CC#CCN1CCC(c2nc(-c3ccc(C(=O)Nc4ccccn4)c(F)c3)n3c(N)nccc23)C1. The number of imidazole rings is 1. The van der Waals surface area contributed by atoms with Crippen LogP contribution < -0.4 is 11.1 Å². The minimum atomic E-state index is -0.665. The van der Waals surface area contributed by atoms with Crippen LogP contribution in [0.4, 0.5) is 16.2 Å². The summed E-state index contributed by atoms with van der Waals surface area (Å²) < 4.78 is 16.8. The normalized spacial score (nSPS) is 15.7. The Kier molecular flexibility index (Phi) is 6.12. The number of carbonyl (C=O) groups excluding carboxylic acids is 1. The molecule has 0 saturated carbocycles. The summed E-state index contributed by atoms with van der Waals surface area (Å²) in [4.78, 5) is 28.0. The van der Waals surface area contributed by atoms with Gasteiger partial charge in [0.05, 0.1) is 23.3 Å². The third kappa shape index (κ3) is 4.44. The van der Waals surface area contributed by atoms with Crippen molar-refractivity contribution in [1.29, 1.82) is 0 Å². The zero-order valence-corrected chi connectivity index (χ0v) is 19.2. The lowest BCUT2D eigenvalue weighted by Gasteiger charge is -2.11. The highest BCUT2D eigenvalue weighted by atomic mass is 19.1. The minimum Gasteiger partial charge on any atom is -0.369 e. The lowest BCUT2D eigenvalue weighted by Crippen LogP contribution is -2.20. The number of amides is 1. The molecule has 0 radical (unpaired) electrons. The zero-order valence-electron chi connectivity index (χ0n) is 19.2. The molecule has 0 aliphatic carbocycles. The molecule has 1 unspecified atom stereocenters. The first-order chi connectivity index (χ1) is 17.0. The standard InChI is InChI=1S/C26H24FN7O/c1-2-3-13-33-14-10-18(16-33)23-21-9-12-30-26(28)34(21)24(32-23)17-7-8-19(20(27)15-17)25(35)31-22-6-4-5-11-29-22/h4-9,11-12,15,18H,10,13-14,16H2,1H3,(H2,28,30)(H,29,31,35). The molecule has 35 heavy (non-hydrogen) atoms. The fraction of sp³-hybridized carbons (Fsp3) is 0.231. The second kappa shape index (κ2) is 9.52. The van der Waals surface area contributed by atoms with Crippen LogP contribution in [0.3, 0.4) is 0 Å². The molecule has 1 fully saturated rings. The van der Waals surface area contributed by atoms with E-state index in [1.807, 2.05) is 13.0 Å². The maximum Gasteiger partial charge on any atom is 0.259 e. The fourth-order valence-corrected chi connectivity index (χ4v) is 4.43. The molecule has 3 N–H and O–H groups in total. The maximum atomic E-state index is 15.1. The van der Waals surface area contributed by atoms with Crippen LogP contribution >= 0.6 is 0 Å². The number of nitrogens with one attached hydrogen (secondary N) is 1. The number of carbonyl (C=O) groups is 1. The number of benzene rings is 1. The van der Waals surface area contributed by atoms with Crippen LogP contribution in [0, 0.1) is 17.7 Å². The van der Waals surface area contributed by atoms with Crippen LogP contribution in [0.15, 0.2) is 54.9 Å². The number of nitrogens with zero attached hydrogens (tertiary/aromatic N) is 5. The third-order valence-electron chi connectivity index (χ3n) is 6.13. The molecule has 176 valence electrons. The first kappa shape index (κ1) is 22.5. The summed E-state index contributed by atoms with van der Waals surface area (Å²) in [7, 11) is 0. The molecule has 1 aliphatic rings. The number of halogens is 1. The Morgan fingerprint density at radius 2 is 2.11 bits per heavy atom. The van der Waals surface area contributed by atoms with Gasteiger partial charge in [-0.2, -0.15) is 0 Å². The van der Waals surface area contributed by atoms with Gasteiger partial charge in [-0.1, -0.05) is 18.1 Å². The van der Waals surface area contributed by atoms with E-state index in [1.165, 1.54) is 12.1 Å². The molecule has 5 rings (SSSR count). The molecule has 4 aromatic rings. The van der Waals surface area contributed by atoms with Crippen LogP contribution in [0.5, 0.6) is 0 Å². The highest BCUT2D eigenvalue weighted by molar-refractivity contribution is 6.04. The summed E-state index contributed by atoms with van der Waals surface area (Å²) in [5.41, 5.74) is 8.38. The average Bonchev–Trinajstić information content (AvgIpc) is 3.48. The molecule has 1 amide bonds. The average molecular weight is 470 g/mol. The Hall–Kier alpha value is -4.29. The first-order valence-electron chi connectivity index (χ1n) is 11.3. The summed E-state index contributed by atoms with van der Waals surface area (Å²) >= 11 is 0. The maximum absolute atomic E-state index is 15.1. The van der Waals surface area contributed by atoms with Crippen molar-refractivity contribution in [2.75, 3.05) is 30.7 Å². The predicted octanol–water partition coefficient (Wildman–Crippen LogP) is 3.58. The van der Waals surface area contributed by atoms with Gasteiger partial charge in [0.15, 0.2) is 0 Å². The summed E-state index contributed by atoms with van der Waals surface area (Å²) in [6.45, 7) is 4.33. The number of pyridine rings is 1. The summed E-state index contributed by atoms with van der Waals surface area (Å²) in [6, 6.07) is 11.4. The van der Waals surface area contributed by atoms with E-state index in [2.05, 4.69) is 32.0 Å². The topological polar surface area (TPSA) is 101 Å². The first-order valence-corrected chi connectivity index (χ1v) is 11.3.